The van der Waals surface area contributed by atoms with Crippen molar-refractivity contribution in [2.75, 3.05) is 36.4 Å². The standard InChI is InChI=1S/C16H17N5O3/c22-16(12-1-3-13(4-2-12)21(23)24)19-15-6-5-14(11-18-15)20-9-7-17-8-10-20/h1-6,11,17H,7-10H2,(H,18,19,22). The highest BCUT2D eigenvalue weighted by Crippen LogP contribution is 2.17. The molecule has 0 atom stereocenters. The molecule has 1 aromatic heterocycles. The first-order chi connectivity index (χ1) is 11.6. The smallest absolute Gasteiger partial charge is 0.269 e. The van der Waals surface area contributed by atoms with Gasteiger partial charge in [0, 0.05) is 43.9 Å². The molecule has 1 aromatic carbocycles. The van der Waals surface area contributed by atoms with Crippen LogP contribution >= 0.6 is 0 Å². The molecule has 0 unspecified atom stereocenters. The van der Waals surface area contributed by atoms with Gasteiger partial charge in [-0.1, -0.05) is 0 Å². The van der Waals surface area contributed by atoms with Crippen LogP contribution in [0, 0.1) is 10.1 Å². The van der Waals surface area contributed by atoms with Gasteiger partial charge >= 0.3 is 0 Å². The Kier molecular flexibility index (Phi) is 4.66. The number of hydrogen-bond donors (Lipinski definition) is 2. The van der Waals surface area contributed by atoms with Gasteiger partial charge in [0.25, 0.3) is 11.6 Å². The molecule has 1 saturated heterocycles. The van der Waals surface area contributed by atoms with Gasteiger partial charge in [-0.3, -0.25) is 14.9 Å². The number of nitrogens with zero attached hydrogens (tertiary/aromatic N) is 3. The van der Waals surface area contributed by atoms with Gasteiger partial charge in [-0.2, -0.15) is 0 Å². The average molecular weight is 327 g/mol. The van der Waals surface area contributed by atoms with Crippen LogP contribution in [0.15, 0.2) is 42.6 Å². The lowest BCUT2D eigenvalue weighted by atomic mass is 10.2. The summed E-state index contributed by atoms with van der Waals surface area (Å²) in [7, 11) is 0. The number of benzene rings is 1. The fourth-order valence-electron chi connectivity index (χ4n) is 2.49. The summed E-state index contributed by atoms with van der Waals surface area (Å²) in [5.74, 6) is 0.0876. The van der Waals surface area contributed by atoms with E-state index >= 15 is 0 Å². The molecule has 0 aliphatic carbocycles. The first kappa shape index (κ1) is 15.9. The van der Waals surface area contributed by atoms with E-state index in [1.54, 1.807) is 12.3 Å². The van der Waals surface area contributed by atoms with Crippen LogP contribution in [0.1, 0.15) is 10.4 Å². The minimum absolute atomic E-state index is 0.0509. The molecule has 124 valence electrons. The summed E-state index contributed by atoms with van der Waals surface area (Å²) in [6, 6.07) is 9.11. The van der Waals surface area contributed by atoms with Crippen LogP contribution in [-0.4, -0.2) is 42.0 Å². The van der Waals surface area contributed by atoms with E-state index < -0.39 is 4.92 Å². The Hall–Kier alpha value is -3.00. The van der Waals surface area contributed by atoms with Crippen molar-refractivity contribution in [2.24, 2.45) is 0 Å². The maximum absolute atomic E-state index is 12.1. The van der Waals surface area contributed by atoms with E-state index in [1.807, 2.05) is 6.07 Å². The molecule has 0 spiro atoms. The van der Waals surface area contributed by atoms with Crippen molar-refractivity contribution in [1.29, 1.82) is 0 Å². The van der Waals surface area contributed by atoms with Gasteiger partial charge in [0.1, 0.15) is 5.82 Å². The Balaban J connectivity index is 1.64. The summed E-state index contributed by atoms with van der Waals surface area (Å²) in [6.07, 6.45) is 1.73. The number of non-ortho nitro benzene ring substituents is 1. The summed E-state index contributed by atoms with van der Waals surface area (Å²) < 4.78 is 0. The largest absolute Gasteiger partial charge is 0.368 e. The number of aromatic nitrogens is 1. The zero-order chi connectivity index (χ0) is 16.9. The monoisotopic (exact) mass is 327 g/mol. The molecule has 0 radical (unpaired) electrons. The second-order valence-corrected chi connectivity index (χ2v) is 5.40. The third kappa shape index (κ3) is 3.66. The molecule has 24 heavy (non-hydrogen) atoms. The zero-order valence-corrected chi connectivity index (χ0v) is 12.9. The predicted octanol–water partition coefficient (Wildman–Crippen LogP) is 1.65. The van der Waals surface area contributed by atoms with E-state index in [1.165, 1.54) is 24.3 Å². The van der Waals surface area contributed by atoms with Gasteiger partial charge in [0.15, 0.2) is 0 Å². The quantitative estimate of drug-likeness (QED) is 0.654. The van der Waals surface area contributed by atoms with E-state index in [-0.39, 0.29) is 11.6 Å². The molecular weight excluding hydrogens is 310 g/mol. The average Bonchev–Trinajstić information content (AvgIpc) is 2.63. The van der Waals surface area contributed by atoms with E-state index in [4.69, 9.17) is 0 Å². The summed E-state index contributed by atoms with van der Waals surface area (Å²) in [5, 5.41) is 16.6. The minimum atomic E-state index is -0.502. The first-order valence-electron chi connectivity index (χ1n) is 7.61. The molecule has 2 heterocycles. The van der Waals surface area contributed by atoms with Crippen LogP contribution < -0.4 is 15.5 Å². The Bertz CT molecular complexity index is 724. The SMILES string of the molecule is O=C(Nc1ccc(N2CCNCC2)cn1)c1ccc([N+](=O)[O-])cc1. The van der Waals surface area contributed by atoms with Crippen molar-refractivity contribution in [2.45, 2.75) is 0 Å². The summed E-state index contributed by atoms with van der Waals surface area (Å²) in [6.45, 7) is 3.74. The van der Waals surface area contributed by atoms with E-state index in [0.29, 0.717) is 11.4 Å². The van der Waals surface area contributed by atoms with Crippen molar-refractivity contribution < 1.29 is 9.72 Å². The van der Waals surface area contributed by atoms with Crippen LogP contribution in [0.3, 0.4) is 0 Å². The van der Waals surface area contributed by atoms with Crippen LogP contribution in [0.5, 0.6) is 0 Å². The third-order valence-electron chi connectivity index (χ3n) is 3.81. The Labute approximate surface area is 138 Å². The third-order valence-corrected chi connectivity index (χ3v) is 3.81. The number of nitro groups is 1. The Morgan fingerprint density at radius 3 is 2.46 bits per heavy atom. The molecule has 2 N–H and O–H groups in total. The van der Waals surface area contributed by atoms with Crippen molar-refractivity contribution >= 4 is 23.1 Å². The molecule has 1 aliphatic heterocycles. The molecule has 1 amide bonds. The number of anilines is 2. The molecule has 2 aromatic rings. The van der Waals surface area contributed by atoms with Gasteiger partial charge in [0.2, 0.25) is 0 Å². The lowest BCUT2D eigenvalue weighted by molar-refractivity contribution is -0.384. The van der Waals surface area contributed by atoms with E-state index in [0.717, 1.165) is 31.9 Å². The van der Waals surface area contributed by atoms with Crippen molar-refractivity contribution in [1.82, 2.24) is 10.3 Å². The number of amides is 1. The van der Waals surface area contributed by atoms with Crippen molar-refractivity contribution in [3.63, 3.8) is 0 Å². The number of carbonyl (C=O) groups is 1. The maximum atomic E-state index is 12.1. The number of pyridine rings is 1. The first-order valence-corrected chi connectivity index (χ1v) is 7.61. The number of nitro benzene ring substituents is 1. The van der Waals surface area contributed by atoms with Gasteiger partial charge in [0.05, 0.1) is 16.8 Å². The highest BCUT2D eigenvalue weighted by molar-refractivity contribution is 6.03. The van der Waals surface area contributed by atoms with E-state index in [9.17, 15) is 14.9 Å². The van der Waals surface area contributed by atoms with Crippen LogP contribution in [0.4, 0.5) is 17.2 Å². The zero-order valence-electron chi connectivity index (χ0n) is 12.9. The maximum Gasteiger partial charge on any atom is 0.269 e. The minimum Gasteiger partial charge on any atom is -0.368 e. The molecule has 3 rings (SSSR count). The van der Waals surface area contributed by atoms with Gasteiger partial charge in [-0.15, -0.1) is 0 Å². The van der Waals surface area contributed by atoms with Gasteiger partial charge in [-0.05, 0) is 24.3 Å². The van der Waals surface area contributed by atoms with Crippen LogP contribution in [0.2, 0.25) is 0 Å². The number of carbonyl (C=O) groups excluding carboxylic acids is 1. The lowest BCUT2D eigenvalue weighted by Crippen LogP contribution is -2.43. The highest BCUT2D eigenvalue weighted by atomic mass is 16.6. The van der Waals surface area contributed by atoms with Crippen molar-refractivity contribution in [3.8, 4) is 0 Å². The topological polar surface area (TPSA) is 100 Å². The number of rotatable bonds is 4. The molecular formula is C16H17N5O3. The Morgan fingerprint density at radius 1 is 1.17 bits per heavy atom. The molecule has 8 nitrogen and oxygen atoms in total. The molecule has 1 fully saturated rings. The van der Waals surface area contributed by atoms with Gasteiger partial charge < -0.3 is 15.5 Å². The second-order valence-electron chi connectivity index (χ2n) is 5.40. The fraction of sp³-hybridized carbons (Fsp3) is 0.250. The van der Waals surface area contributed by atoms with Crippen LogP contribution in [0.25, 0.3) is 0 Å². The lowest BCUT2D eigenvalue weighted by Gasteiger charge is -2.29. The summed E-state index contributed by atoms with van der Waals surface area (Å²) in [4.78, 5) is 28.8. The predicted molar refractivity (Wildman–Crippen MR) is 90.4 cm³/mol. The van der Waals surface area contributed by atoms with Crippen LogP contribution in [-0.2, 0) is 0 Å². The molecule has 1 aliphatic rings. The van der Waals surface area contributed by atoms with Gasteiger partial charge in [-0.25, -0.2) is 4.98 Å². The highest BCUT2D eigenvalue weighted by Gasteiger charge is 2.12. The van der Waals surface area contributed by atoms with Crippen molar-refractivity contribution in [3.05, 3.63) is 58.3 Å². The number of piperazine rings is 1. The van der Waals surface area contributed by atoms with E-state index in [2.05, 4.69) is 20.5 Å². The Morgan fingerprint density at radius 2 is 1.88 bits per heavy atom. The molecule has 0 saturated carbocycles. The molecule has 0 bridgehead atoms. The fourth-order valence-corrected chi connectivity index (χ4v) is 2.49. The second kappa shape index (κ2) is 7.05. The summed E-state index contributed by atoms with van der Waals surface area (Å²) >= 11 is 0. The summed E-state index contributed by atoms with van der Waals surface area (Å²) in [5.41, 5.74) is 1.31. The molecule has 8 heteroatoms. The normalized spacial score (nSPS) is 14.2. The number of hydrogen-bond acceptors (Lipinski definition) is 6. The number of nitrogens with one attached hydrogen (secondary N) is 2.